The number of benzene rings is 2. The lowest BCUT2D eigenvalue weighted by Crippen LogP contribution is -1.94. The Bertz CT molecular complexity index is 625. The minimum atomic E-state index is -0.353. The largest absolute Gasteiger partial charge is 0.508 e. The highest BCUT2D eigenvalue weighted by atomic mass is 16.3. The zero-order valence-electron chi connectivity index (χ0n) is 10.5. The molecule has 0 saturated carbocycles. The van der Waals surface area contributed by atoms with Gasteiger partial charge in [0.05, 0.1) is 5.56 Å². The summed E-state index contributed by atoms with van der Waals surface area (Å²) in [5.74, 6) is -0.546. The third-order valence-electron chi connectivity index (χ3n) is 2.75. The Balaban J connectivity index is 2.21. The summed E-state index contributed by atoms with van der Waals surface area (Å²) in [6.07, 6.45) is 3.05. The molecule has 0 atom stereocenters. The molecular formula is C16H14O3. The number of phenolic OH excluding ortho intramolecular Hbond substituents is 2. The lowest BCUT2D eigenvalue weighted by Gasteiger charge is -2.01. The van der Waals surface area contributed by atoms with Gasteiger partial charge in [0.1, 0.15) is 11.5 Å². The van der Waals surface area contributed by atoms with Gasteiger partial charge in [-0.15, -0.1) is 0 Å². The smallest absolute Gasteiger partial charge is 0.189 e. The van der Waals surface area contributed by atoms with Gasteiger partial charge < -0.3 is 10.2 Å². The van der Waals surface area contributed by atoms with Crippen molar-refractivity contribution < 1.29 is 15.0 Å². The molecule has 0 radical (unpaired) electrons. The average Bonchev–Trinajstić information content (AvgIpc) is 2.40. The molecule has 2 aromatic rings. The van der Waals surface area contributed by atoms with Crippen molar-refractivity contribution in [1.29, 1.82) is 0 Å². The first-order valence-electron chi connectivity index (χ1n) is 5.87. The molecule has 2 aromatic carbocycles. The van der Waals surface area contributed by atoms with Crippen LogP contribution in [0.4, 0.5) is 0 Å². The number of rotatable bonds is 3. The summed E-state index contributed by atoms with van der Waals surface area (Å²) >= 11 is 0. The second kappa shape index (κ2) is 5.40. The van der Waals surface area contributed by atoms with E-state index in [2.05, 4.69) is 0 Å². The van der Waals surface area contributed by atoms with Crippen molar-refractivity contribution in [3.8, 4) is 11.5 Å². The Morgan fingerprint density at radius 3 is 2.42 bits per heavy atom. The fourth-order valence-electron chi connectivity index (χ4n) is 1.66. The number of carbonyl (C=O) groups is 1. The molecule has 2 N–H and O–H groups in total. The second-order valence-electron chi connectivity index (χ2n) is 4.31. The Morgan fingerprint density at radius 1 is 1.05 bits per heavy atom. The van der Waals surface area contributed by atoms with Crippen LogP contribution in [0.1, 0.15) is 21.5 Å². The number of hydrogen-bond acceptors (Lipinski definition) is 3. The monoisotopic (exact) mass is 254 g/mol. The molecule has 3 nitrogen and oxygen atoms in total. The fraction of sp³-hybridized carbons (Fsp3) is 0.0625. The standard InChI is InChI=1S/C16H14O3/c1-11-2-4-12(5-3-11)6-8-15(18)14-10-13(17)7-9-16(14)19/h2-10,17,19H,1H3. The van der Waals surface area contributed by atoms with Gasteiger partial charge in [-0.2, -0.15) is 0 Å². The maximum Gasteiger partial charge on any atom is 0.189 e. The van der Waals surface area contributed by atoms with Crippen LogP contribution >= 0.6 is 0 Å². The van der Waals surface area contributed by atoms with E-state index in [-0.39, 0.29) is 22.8 Å². The van der Waals surface area contributed by atoms with Gasteiger partial charge in [-0.25, -0.2) is 0 Å². The zero-order chi connectivity index (χ0) is 13.8. The van der Waals surface area contributed by atoms with Crippen LogP contribution in [-0.4, -0.2) is 16.0 Å². The van der Waals surface area contributed by atoms with Crippen LogP contribution in [-0.2, 0) is 0 Å². The van der Waals surface area contributed by atoms with Crippen molar-refractivity contribution in [2.45, 2.75) is 6.92 Å². The average molecular weight is 254 g/mol. The molecule has 0 heterocycles. The van der Waals surface area contributed by atoms with Crippen LogP contribution in [0, 0.1) is 6.92 Å². The van der Waals surface area contributed by atoms with Crippen molar-refractivity contribution in [2.75, 3.05) is 0 Å². The van der Waals surface area contributed by atoms with E-state index in [0.717, 1.165) is 11.1 Å². The lowest BCUT2D eigenvalue weighted by atomic mass is 10.1. The molecule has 0 aliphatic rings. The number of aryl methyl sites for hydroxylation is 1. The minimum absolute atomic E-state index is 0.0510. The predicted molar refractivity (Wildman–Crippen MR) is 74.3 cm³/mol. The topological polar surface area (TPSA) is 57.5 Å². The first-order chi connectivity index (χ1) is 9.06. The van der Waals surface area contributed by atoms with Crippen molar-refractivity contribution in [3.05, 3.63) is 65.2 Å². The molecule has 19 heavy (non-hydrogen) atoms. The maximum atomic E-state index is 11.9. The van der Waals surface area contributed by atoms with Crippen LogP contribution in [0.25, 0.3) is 6.08 Å². The number of phenols is 2. The Hall–Kier alpha value is -2.55. The van der Waals surface area contributed by atoms with E-state index in [9.17, 15) is 15.0 Å². The molecule has 0 unspecified atom stereocenters. The maximum absolute atomic E-state index is 11.9. The summed E-state index contributed by atoms with van der Waals surface area (Å²) in [4.78, 5) is 11.9. The number of ketones is 1. The summed E-state index contributed by atoms with van der Waals surface area (Å²) in [5, 5.41) is 18.9. The Labute approximate surface area is 111 Å². The number of allylic oxidation sites excluding steroid dienone is 1. The second-order valence-corrected chi connectivity index (χ2v) is 4.31. The third kappa shape index (κ3) is 3.22. The molecule has 0 saturated heterocycles. The zero-order valence-corrected chi connectivity index (χ0v) is 10.5. The summed E-state index contributed by atoms with van der Waals surface area (Å²) in [5.41, 5.74) is 2.14. The van der Waals surface area contributed by atoms with E-state index in [4.69, 9.17) is 0 Å². The quantitative estimate of drug-likeness (QED) is 0.502. The molecule has 0 aromatic heterocycles. The molecule has 3 heteroatoms. The normalized spacial score (nSPS) is 10.8. The van der Waals surface area contributed by atoms with Gasteiger partial charge in [-0.1, -0.05) is 35.9 Å². The van der Waals surface area contributed by atoms with Gasteiger partial charge >= 0.3 is 0 Å². The highest BCUT2D eigenvalue weighted by molar-refractivity contribution is 6.08. The molecule has 2 rings (SSSR count). The van der Waals surface area contributed by atoms with Crippen molar-refractivity contribution in [2.24, 2.45) is 0 Å². The van der Waals surface area contributed by atoms with Gasteiger partial charge in [-0.05, 0) is 36.8 Å². The van der Waals surface area contributed by atoms with Crippen molar-refractivity contribution >= 4 is 11.9 Å². The summed E-state index contributed by atoms with van der Waals surface area (Å²) < 4.78 is 0. The summed E-state index contributed by atoms with van der Waals surface area (Å²) in [7, 11) is 0. The predicted octanol–water partition coefficient (Wildman–Crippen LogP) is 3.30. The van der Waals surface area contributed by atoms with E-state index in [1.165, 1.54) is 24.3 Å². The van der Waals surface area contributed by atoms with Crippen LogP contribution in [0.2, 0.25) is 0 Å². The third-order valence-corrected chi connectivity index (χ3v) is 2.75. The Morgan fingerprint density at radius 2 is 1.74 bits per heavy atom. The molecule has 0 aliphatic carbocycles. The first-order valence-corrected chi connectivity index (χ1v) is 5.87. The molecule has 0 amide bonds. The van der Waals surface area contributed by atoms with Crippen molar-refractivity contribution in [3.63, 3.8) is 0 Å². The van der Waals surface area contributed by atoms with Gasteiger partial charge in [0.2, 0.25) is 0 Å². The van der Waals surface area contributed by atoms with Gasteiger partial charge in [0.15, 0.2) is 5.78 Å². The Kier molecular flexibility index (Phi) is 3.66. The van der Waals surface area contributed by atoms with E-state index >= 15 is 0 Å². The van der Waals surface area contributed by atoms with Crippen LogP contribution in [0.5, 0.6) is 11.5 Å². The van der Waals surface area contributed by atoms with Crippen LogP contribution < -0.4 is 0 Å². The number of carbonyl (C=O) groups excluding carboxylic acids is 1. The van der Waals surface area contributed by atoms with Gasteiger partial charge in [0, 0.05) is 0 Å². The minimum Gasteiger partial charge on any atom is -0.508 e. The highest BCUT2D eigenvalue weighted by Gasteiger charge is 2.08. The molecule has 0 fully saturated rings. The molecular weight excluding hydrogens is 240 g/mol. The lowest BCUT2D eigenvalue weighted by molar-refractivity contribution is 0.104. The molecule has 96 valence electrons. The van der Waals surface area contributed by atoms with Gasteiger partial charge in [0.25, 0.3) is 0 Å². The molecule has 0 spiro atoms. The summed E-state index contributed by atoms with van der Waals surface area (Å²) in [6.45, 7) is 1.99. The number of aromatic hydroxyl groups is 2. The van der Waals surface area contributed by atoms with E-state index in [1.54, 1.807) is 6.08 Å². The SMILES string of the molecule is Cc1ccc(C=CC(=O)c2cc(O)ccc2O)cc1. The fourth-order valence-corrected chi connectivity index (χ4v) is 1.66. The van der Waals surface area contributed by atoms with Crippen LogP contribution in [0.3, 0.4) is 0 Å². The van der Waals surface area contributed by atoms with E-state index in [1.807, 2.05) is 31.2 Å². The molecule has 0 aliphatic heterocycles. The first kappa shape index (κ1) is 12.9. The molecule has 0 bridgehead atoms. The van der Waals surface area contributed by atoms with Crippen molar-refractivity contribution in [1.82, 2.24) is 0 Å². The highest BCUT2D eigenvalue weighted by Crippen LogP contribution is 2.23. The van der Waals surface area contributed by atoms with E-state index < -0.39 is 0 Å². The summed E-state index contributed by atoms with van der Waals surface area (Å²) in [6, 6.07) is 11.6. The van der Waals surface area contributed by atoms with Gasteiger partial charge in [-0.3, -0.25) is 4.79 Å². The number of hydrogen-bond donors (Lipinski definition) is 2. The van der Waals surface area contributed by atoms with E-state index in [0.29, 0.717) is 0 Å². The van der Waals surface area contributed by atoms with Crippen LogP contribution in [0.15, 0.2) is 48.5 Å².